The van der Waals surface area contributed by atoms with Crippen LogP contribution in [0.5, 0.6) is 5.75 Å². The number of nitrogens with two attached hydrogens (primary N) is 1. The Morgan fingerprint density at radius 2 is 1.78 bits per heavy atom. The van der Waals surface area contributed by atoms with Gasteiger partial charge < -0.3 is 15.6 Å². The van der Waals surface area contributed by atoms with Crippen LogP contribution in [-0.2, 0) is 0 Å². The summed E-state index contributed by atoms with van der Waals surface area (Å²) in [5, 5.41) is 10.3. The summed E-state index contributed by atoms with van der Waals surface area (Å²) in [5.41, 5.74) is 9.03. The van der Waals surface area contributed by atoms with E-state index in [9.17, 15) is 5.11 Å². The molecule has 2 aromatic rings. The molecule has 0 amide bonds. The first-order chi connectivity index (χ1) is 8.61. The largest absolute Gasteiger partial charge is 0.497 e. The van der Waals surface area contributed by atoms with Crippen molar-refractivity contribution in [2.24, 2.45) is 0 Å². The Hall–Kier alpha value is -2.00. The summed E-state index contributed by atoms with van der Waals surface area (Å²) in [6, 6.07) is 12.9. The maximum absolute atomic E-state index is 10.3. The minimum Gasteiger partial charge on any atom is -0.497 e. The van der Waals surface area contributed by atoms with Crippen LogP contribution in [0.2, 0.25) is 0 Å². The zero-order valence-corrected chi connectivity index (χ0v) is 10.6. The van der Waals surface area contributed by atoms with Gasteiger partial charge in [-0.05, 0) is 47.9 Å². The van der Waals surface area contributed by atoms with Crippen LogP contribution in [-0.4, -0.2) is 12.2 Å². The molecule has 0 aliphatic heterocycles. The number of nitrogen functional groups attached to an aromatic ring is 1. The van der Waals surface area contributed by atoms with Gasteiger partial charge in [0, 0.05) is 5.69 Å². The molecule has 94 valence electrons. The van der Waals surface area contributed by atoms with Crippen LogP contribution in [0.25, 0.3) is 0 Å². The molecule has 0 fully saturated rings. The topological polar surface area (TPSA) is 55.5 Å². The van der Waals surface area contributed by atoms with Gasteiger partial charge in [-0.25, -0.2) is 0 Å². The van der Waals surface area contributed by atoms with Crippen molar-refractivity contribution in [2.45, 2.75) is 13.0 Å². The Morgan fingerprint density at radius 3 is 2.33 bits per heavy atom. The lowest BCUT2D eigenvalue weighted by Gasteiger charge is -2.15. The number of aliphatic hydroxyl groups is 1. The lowest BCUT2D eigenvalue weighted by atomic mass is 9.97. The third-order valence-corrected chi connectivity index (χ3v) is 3.02. The molecule has 0 bridgehead atoms. The van der Waals surface area contributed by atoms with E-state index in [4.69, 9.17) is 10.5 Å². The van der Waals surface area contributed by atoms with E-state index in [-0.39, 0.29) is 0 Å². The fraction of sp³-hybridized carbons (Fsp3) is 0.200. The average Bonchev–Trinajstić information content (AvgIpc) is 2.38. The van der Waals surface area contributed by atoms with E-state index in [2.05, 4.69) is 0 Å². The lowest BCUT2D eigenvalue weighted by Crippen LogP contribution is -2.02. The lowest BCUT2D eigenvalue weighted by molar-refractivity contribution is 0.219. The predicted octanol–water partition coefficient (Wildman–Crippen LogP) is 2.67. The van der Waals surface area contributed by atoms with Crippen molar-refractivity contribution < 1.29 is 9.84 Å². The van der Waals surface area contributed by atoms with Crippen molar-refractivity contribution in [2.75, 3.05) is 12.8 Å². The van der Waals surface area contributed by atoms with Crippen molar-refractivity contribution in [1.29, 1.82) is 0 Å². The minimum absolute atomic E-state index is 0.642. The van der Waals surface area contributed by atoms with Crippen molar-refractivity contribution in [1.82, 2.24) is 0 Å². The van der Waals surface area contributed by atoms with Crippen molar-refractivity contribution in [3.8, 4) is 5.75 Å². The third kappa shape index (κ3) is 2.46. The van der Waals surface area contributed by atoms with Crippen LogP contribution in [0.1, 0.15) is 22.8 Å². The number of hydrogen-bond acceptors (Lipinski definition) is 3. The highest BCUT2D eigenvalue weighted by molar-refractivity contribution is 5.44. The van der Waals surface area contributed by atoms with Crippen LogP contribution in [0.3, 0.4) is 0 Å². The highest BCUT2D eigenvalue weighted by Crippen LogP contribution is 2.27. The summed E-state index contributed by atoms with van der Waals surface area (Å²) in [7, 11) is 1.63. The maximum atomic E-state index is 10.3. The van der Waals surface area contributed by atoms with E-state index in [1.807, 2.05) is 37.3 Å². The fourth-order valence-corrected chi connectivity index (χ4v) is 1.94. The van der Waals surface area contributed by atoms with Gasteiger partial charge in [0.1, 0.15) is 11.9 Å². The molecule has 1 unspecified atom stereocenters. The third-order valence-electron chi connectivity index (χ3n) is 3.02. The van der Waals surface area contributed by atoms with Crippen LogP contribution in [0.15, 0.2) is 42.5 Å². The Labute approximate surface area is 107 Å². The summed E-state index contributed by atoms with van der Waals surface area (Å²) in [6.07, 6.45) is -0.642. The van der Waals surface area contributed by atoms with E-state index in [1.165, 1.54) is 0 Å². The number of ether oxygens (including phenoxy) is 1. The normalized spacial score (nSPS) is 12.2. The highest BCUT2D eigenvalue weighted by Gasteiger charge is 2.13. The number of aryl methyl sites for hydroxylation is 1. The second-order valence-electron chi connectivity index (χ2n) is 4.29. The number of aliphatic hydroxyl groups excluding tert-OH is 1. The SMILES string of the molecule is COc1ccc(C(O)c2ccc(N)cc2)c(C)c1. The smallest absolute Gasteiger partial charge is 0.119 e. The first-order valence-electron chi connectivity index (χ1n) is 5.80. The van der Waals surface area contributed by atoms with Gasteiger partial charge in [-0.1, -0.05) is 18.2 Å². The van der Waals surface area contributed by atoms with Gasteiger partial charge in [0.2, 0.25) is 0 Å². The molecule has 0 radical (unpaired) electrons. The first kappa shape index (κ1) is 12.5. The van der Waals surface area contributed by atoms with Gasteiger partial charge in [-0.3, -0.25) is 0 Å². The zero-order valence-electron chi connectivity index (χ0n) is 10.6. The van der Waals surface area contributed by atoms with Crippen molar-refractivity contribution >= 4 is 5.69 Å². The zero-order chi connectivity index (χ0) is 13.1. The molecular weight excluding hydrogens is 226 g/mol. The molecule has 3 nitrogen and oxygen atoms in total. The fourth-order valence-electron chi connectivity index (χ4n) is 1.94. The molecule has 0 spiro atoms. The van der Waals surface area contributed by atoms with Gasteiger partial charge in [0.25, 0.3) is 0 Å². The van der Waals surface area contributed by atoms with Crippen LogP contribution in [0.4, 0.5) is 5.69 Å². The Kier molecular flexibility index (Phi) is 3.53. The van der Waals surface area contributed by atoms with Crippen molar-refractivity contribution in [3.63, 3.8) is 0 Å². The first-order valence-corrected chi connectivity index (χ1v) is 5.80. The van der Waals surface area contributed by atoms with E-state index in [0.717, 1.165) is 22.4 Å². The van der Waals surface area contributed by atoms with Crippen LogP contribution < -0.4 is 10.5 Å². The molecular formula is C15H17NO2. The minimum atomic E-state index is -0.642. The van der Waals surface area contributed by atoms with Gasteiger partial charge in [-0.2, -0.15) is 0 Å². The van der Waals surface area contributed by atoms with Crippen LogP contribution in [0, 0.1) is 6.92 Å². The van der Waals surface area contributed by atoms with Gasteiger partial charge in [0.15, 0.2) is 0 Å². The highest BCUT2D eigenvalue weighted by atomic mass is 16.5. The van der Waals surface area contributed by atoms with Crippen molar-refractivity contribution in [3.05, 3.63) is 59.2 Å². The number of methoxy groups -OCH3 is 1. The summed E-state index contributed by atoms with van der Waals surface area (Å²) < 4.78 is 5.15. The van der Waals surface area contributed by atoms with Crippen LogP contribution >= 0.6 is 0 Å². The van der Waals surface area contributed by atoms with E-state index >= 15 is 0 Å². The van der Waals surface area contributed by atoms with Gasteiger partial charge in [-0.15, -0.1) is 0 Å². The second kappa shape index (κ2) is 5.10. The summed E-state index contributed by atoms with van der Waals surface area (Å²) in [5.74, 6) is 0.792. The number of anilines is 1. The molecule has 3 heteroatoms. The summed E-state index contributed by atoms with van der Waals surface area (Å²) in [6.45, 7) is 1.96. The number of hydrogen-bond donors (Lipinski definition) is 2. The molecule has 0 saturated carbocycles. The average molecular weight is 243 g/mol. The Morgan fingerprint density at radius 1 is 1.11 bits per heavy atom. The molecule has 0 aromatic heterocycles. The van der Waals surface area contributed by atoms with Gasteiger partial charge in [0.05, 0.1) is 7.11 Å². The maximum Gasteiger partial charge on any atom is 0.119 e. The molecule has 3 N–H and O–H groups in total. The molecule has 1 atom stereocenters. The Balaban J connectivity index is 2.33. The number of benzene rings is 2. The van der Waals surface area contributed by atoms with Gasteiger partial charge >= 0.3 is 0 Å². The second-order valence-corrected chi connectivity index (χ2v) is 4.29. The monoisotopic (exact) mass is 243 g/mol. The molecule has 0 aliphatic carbocycles. The van der Waals surface area contributed by atoms with E-state index in [0.29, 0.717) is 5.69 Å². The molecule has 2 rings (SSSR count). The van der Waals surface area contributed by atoms with E-state index in [1.54, 1.807) is 19.2 Å². The molecule has 0 saturated heterocycles. The van der Waals surface area contributed by atoms with E-state index < -0.39 is 6.10 Å². The Bertz CT molecular complexity index is 535. The summed E-state index contributed by atoms with van der Waals surface area (Å²) in [4.78, 5) is 0. The standard InChI is InChI=1S/C15H17NO2/c1-10-9-13(18-2)7-8-14(10)15(17)11-3-5-12(16)6-4-11/h3-9,15,17H,16H2,1-2H3. The summed E-state index contributed by atoms with van der Waals surface area (Å²) >= 11 is 0. The molecule has 2 aromatic carbocycles. The quantitative estimate of drug-likeness (QED) is 0.815. The molecule has 0 aliphatic rings. The predicted molar refractivity (Wildman–Crippen MR) is 72.6 cm³/mol. The molecule has 18 heavy (non-hydrogen) atoms. The molecule has 0 heterocycles. The number of rotatable bonds is 3.